The number of sulfonamides is 1. The molecule has 1 fully saturated rings. The predicted octanol–water partition coefficient (Wildman–Crippen LogP) is 2.40. The highest BCUT2D eigenvalue weighted by Crippen LogP contribution is 2.20. The average molecular weight is 548 g/mol. The highest BCUT2D eigenvalue weighted by atomic mass is 32.2. The van der Waals surface area contributed by atoms with Crippen molar-refractivity contribution in [3.63, 3.8) is 0 Å². The number of hydrogen-bond acceptors (Lipinski definition) is 8. The quantitative estimate of drug-likeness (QED) is 0.476. The Morgan fingerprint density at radius 2 is 1.46 bits per heavy atom. The fraction of sp³-hybridized carbons (Fsp3) is 0.286. The molecule has 1 saturated heterocycles. The number of rotatable bonds is 4. The van der Waals surface area contributed by atoms with Crippen molar-refractivity contribution in [1.82, 2.24) is 19.6 Å². The molecule has 0 unspecified atom stereocenters. The van der Waals surface area contributed by atoms with Crippen LogP contribution in [-0.4, -0.2) is 71.1 Å². The molecule has 4 rings (SSSR count). The Morgan fingerprint density at radius 1 is 0.872 bits per heavy atom. The van der Waals surface area contributed by atoms with Crippen molar-refractivity contribution < 1.29 is 23.1 Å². The van der Waals surface area contributed by atoms with Crippen LogP contribution in [0.1, 0.15) is 52.6 Å². The topological polar surface area (TPSA) is 133 Å². The van der Waals surface area contributed by atoms with Gasteiger partial charge in [0.25, 0.3) is 11.8 Å². The van der Waals surface area contributed by atoms with Gasteiger partial charge in [-0.15, -0.1) is 0 Å². The van der Waals surface area contributed by atoms with Crippen LogP contribution in [0.15, 0.2) is 61.2 Å². The van der Waals surface area contributed by atoms with Gasteiger partial charge >= 0.3 is 0 Å². The standard InChI is InChI=1S/C28H29N5O5S/c1-28(2,3)39(37,38)31-26(35)22-6-8-24(9-7-22)32-10-12-33(13-11-32)27(36)23-14-20(16-29-18-23)4-5-21-15-25(34)19-30-17-21/h6-9,14-19,34H,10-13H2,1-3H3,(H,31,35). The first-order chi connectivity index (χ1) is 18.4. The summed E-state index contributed by atoms with van der Waals surface area (Å²) in [7, 11) is -3.80. The van der Waals surface area contributed by atoms with Crippen molar-refractivity contribution in [2.45, 2.75) is 25.5 Å². The van der Waals surface area contributed by atoms with E-state index in [0.717, 1.165) is 5.69 Å². The average Bonchev–Trinajstić information content (AvgIpc) is 2.91. The maximum Gasteiger partial charge on any atom is 0.264 e. The number of piperazine rings is 1. The molecule has 3 aromatic rings. The van der Waals surface area contributed by atoms with E-state index in [1.807, 2.05) is 0 Å². The Balaban J connectivity index is 1.36. The second kappa shape index (κ2) is 11.1. The van der Waals surface area contributed by atoms with Crippen LogP contribution in [0.5, 0.6) is 5.75 Å². The number of carbonyl (C=O) groups is 2. The molecule has 3 heterocycles. The van der Waals surface area contributed by atoms with Gasteiger partial charge in [-0.3, -0.25) is 19.6 Å². The minimum Gasteiger partial charge on any atom is -0.506 e. The van der Waals surface area contributed by atoms with E-state index in [2.05, 4.69) is 31.4 Å². The second-order valence-corrected chi connectivity index (χ2v) is 12.5. The molecule has 0 aliphatic carbocycles. The normalized spacial score (nSPS) is 13.8. The number of aromatic hydroxyl groups is 1. The minimum atomic E-state index is -3.80. The molecular weight excluding hydrogens is 518 g/mol. The van der Waals surface area contributed by atoms with Gasteiger partial charge in [0.05, 0.1) is 16.5 Å². The summed E-state index contributed by atoms with van der Waals surface area (Å²) >= 11 is 0. The molecule has 1 aromatic carbocycles. The highest BCUT2D eigenvalue weighted by molar-refractivity contribution is 7.91. The monoisotopic (exact) mass is 547 g/mol. The van der Waals surface area contributed by atoms with Crippen molar-refractivity contribution in [3.05, 3.63) is 83.4 Å². The van der Waals surface area contributed by atoms with Crippen molar-refractivity contribution >= 4 is 27.5 Å². The Kier molecular flexibility index (Phi) is 7.88. The zero-order valence-electron chi connectivity index (χ0n) is 21.9. The molecule has 0 atom stereocenters. The summed E-state index contributed by atoms with van der Waals surface area (Å²) in [5, 5.41) is 9.53. The van der Waals surface area contributed by atoms with Crippen LogP contribution in [0, 0.1) is 11.8 Å². The van der Waals surface area contributed by atoms with Crippen molar-refractivity contribution in [1.29, 1.82) is 0 Å². The molecular formula is C28H29N5O5S. The van der Waals surface area contributed by atoms with E-state index in [4.69, 9.17) is 0 Å². The van der Waals surface area contributed by atoms with E-state index >= 15 is 0 Å². The van der Waals surface area contributed by atoms with Crippen molar-refractivity contribution in [2.75, 3.05) is 31.1 Å². The van der Waals surface area contributed by atoms with E-state index in [0.29, 0.717) is 42.9 Å². The van der Waals surface area contributed by atoms with E-state index in [1.165, 1.54) is 45.4 Å². The first-order valence-electron chi connectivity index (χ1n) is 12.2. The first-order valence-corrected chi connectivity index (χ1v) is 13.7. The summed E-state index contributed by atoms with van der Waals surface area (Å²) in [5.74, 6) is 5.05. The Labute approximate surface area is 227 Å². The zero-order chi connectivity index (χ0) is 28.2. The van der Waals surface area contributed by atoms with Crippen LogP contribution in [-0.2, 0) is 10.0 Å². The van der Waals surface area contributed by atoms with Gasteiger partial charge < -0.3 is 14.9 Å². The van der Waals surface area contributed by atoms with Crippen LogP contribution in [0.4, 0.5) is 5.69 Å². The van der Waals surface area contributed by atoms with Crippen LogP contribution in [0.25, 0.3) is 0 Å². The smallest absolute Gasteiger partial charge is 0.264 e. The molecule has 2 amide bonds. The maximum atomic E-state index is 13.1. The fourth-order valence-electron chi connectivity index (χ4n) is 3.77. The number of benzene rings is 1. The summed E-state index contributed by atoms with van der Waals surface area (Å²) in [4.78, 5) is 37.4. The number of amides is 2. The minimum absolute atomic E-state index is 0.0241. The van der Waals surface area contributed by atoms with Crippen LogP contribution >= 0.6 is 0 Å². The fourth-order valence-corrected chi connectivity index (χ4v) is 4.44. The summed E-state index contributed by atoms with van der Waals surface area (Å²) in [6.07, 6.45) is 5.94. The third kappa shape index (κ3) is 6.72. The van der Waals surface area contributed by atoms with E-state index < -0.39 is 20.7 Å². The van der Waals surface area contributed by atoms with Gasteiger partial charge in [-0.25, -0.2) is 13.1 Å². The van der Waals surface area contributed by atoms with Crippen LogP contribution in [0.3, 0.4) is 0 Å². The SMILES string of the molecule is CC(C)(C)S(=O)(=O)NC(=O)c1ccc(N2CCN(C(=O)c3cncc(C#Cc4cncc(O)c4)c3)CC2)cc1. The van der Waals surface area contributed by atoms with Crippen LogP contribution < -0.4 is 9.62 Å². The van der Waals surface area contributed by atoms with Crippen molar-refractivity contribution in [2.24, 2.45) is 0 Å². The molecule has 1 aliphatic rings. The third-order valence-corrected chi connectivity index (χ3v) is 8.22. The van der Waals surface area contributed by atoms with E-state index in [9.17, 15) is 23.1 Å². The summed E-state index contributed by atoms with van der Waals surface area (Å²) < 4.78 is 25.5. The molecule has 1 aliphatic heterocycles. The lowest BCUT2D eigenvalue weighted by molar-refractivity contribution is 0.0746. The van der Waals surface area contributed by atoms with Gasteiger partial charge in [-0.05, 0) is 57.2 Å². The summed E-state index contributed by atoms with van der Waals surface area (Å²) in [6, 6.07) is 9.90. The largest absolute Gasteiger partial charge is 0.506 e. The van der Waals surface area contributed by atoms with Gasteiger partial charge in [-0.2, -0.15) is 0 Å². The zero-order valence-corrected chi connectivity index (χ0v) is 22.7. The Bertz CT molecular complexity index is 1550. The van der Waals surface area contributed by atoms with Gasteiger partial charge in [0.1, 0.15) is 5.75 Å². The van der Waals surface area contributed by atoms with E-state index in [1.54, 1.807) is 41.4 Å². The predicted molar refractivity (Wildman–Crippen MR) is 147 cm³/mol. The number of nitrogens with zero attached hydrogens (tertiary/aromatic N) is 4. The molecule has 0 bridgehead atoms. The molecule has 2 aromatic heterocycles. The van der Waals surface area contributed by atoms with Gasteiger partial charge in [0.15, 0.2) is 0 Å². The number of hydrogen-bond donors (Lipinski definition) is 2. The van der Waals surface area contributed by atoms with Gasteiger partial charge in [0, 0.05) is 67.1 Å². The number of aromatic nitrogens is 2. The second-order valence-electron chi connectivity index (χ2n) is 10.0. The van der Waals surface area contributed by atoms with Gasteiger partial charge in [0.2, 0.25) is 10.0 Å². The lowest BCUT2D eigenvalue weighted by Crippen LogP contribution is -2.48. The molecule has 2 N–H and O–H groups in total. The molecule has 39 heavy (non-hydrogen) atoms. The number of anilines is 1. The molecule has 202 valence electrons. The first kappa shape index (κ1) is 27.6. The molecule has 10 nitrogen and oxygen atoms in total. The van der Waals surface area contributed by atoms with Gasteiger partial charge in [-0.1, -0.05) is 11.8 Å². The summed E-state index contributed by atoms with van der Waals surface area (Å²) in [6.45, 7) is 6.74. The number of pyridine rings is 2. The Hall–Kier alpha value is -4.43. The molecule has 0 radical (unpaired) electrons. The highest BCUT2D eigenvalue weighted by Gasteiger charge is 2.31. The van der Waals surface area contributed by atoms with E-state index in [-0.39, 0.29) is 17.2 Å². The molecule has 0 saturated carbocycles. The van der Waals surface area contributed by atoms with Crippen LogP contribution in [0.2, 0.25) is 0 Å². The maximum absolute atomic E-state index is 13.1. The third-order valence-electron chi connectivity index (χ3n) is 6.15. The lowest BCUT2D eigenvalue weighted by Gasteiger charge is -2.36. The summed E-state index contributed by atoms with van der Waals surface area (Å²) in [5.41, 5.74) is 2.67. The number of carbonyl (C=O) groups excluding carboxylic acids is 2. The lowest BCUT2D eigenvalue weighted by atomic mass is 10.1. The molecule has 0 spiro atoms. The molecule has 11 heteroatoms. The number of nitrogens with one attached hydrogen (secondary N) is 1. The Morgan fingerprint density at radius 3 is 2.05 bits per heavy atom. The van der Waals surface area contributed by atoms with Crippen molar-refractivity contribution in [3.8, 4) is 17.6 Å².